The number of hydrogen-bond donors (Lipinski definition) is 0. The molecule has 1 unspecified atom stereocenters. The maximum Gasteiger partial charge on any atom is 0.328 e. The summed E-state index contributed by atoms with van der Waals surface area (Å²) in [6.07, 6.45) is 3.15. The molecule has 0 aliphatic carbocycles. The van der Waals surface area contributed by atoms with Crippen molar-refractivity contribution in [1.29, 1.82) is 0 Å². The van der Waals surface area contributed by atoms with Crippen molar-refractivity contribution in [3.05, 3.63) is 87.4 Å². The molecule has 0 N–H and O–H groups in total. The number of furan rings is 1. The van der Waals surface area contributed by atoms with Gasteiger partial charge in [0.1, 0.15) is 17.3 Å². The molecule has 4 aromatic rings. The van der Waals surface area contributed by atoms with E-state index in [1.54, 1.807) is 53.6 Å². The lowest BCUT2D eigenvalue weighted by molar-refractivity contribution is -0.135. The summed E-state index contributed by atoms with van der Waals surface area (Å²) >= 11 is 0. The van der Waals surface area contributed by atoms with Gasteiger partial charge in [0.25, 0.3) is 0 Å². The maximum atomic E-state index is 13.0. The second-order valence-corrected chi connectivity index (χ2v) is 8.19. The van der Waals surface area contributed by atoms with Crippen molar-refractivity contribution in [2.75, 3.05) is 0 Å². The van der Waals surface area contributed by atoms with Crippen molar-refractivity contribution in [2.24, 2.45) is 14.1 Å². The number of aryl methyl sites for hydroxylation is 2. The normalized spacial score (nSPS) is 18.4. The van der Waals surface area contributed by atoms with Gasteiger partial charge in [-0.15, -0.1) is 0 Å². The van der Waals surface area contributed by atoms with Gasteiger partial charge in [-0.25, -0.2) is 4.79 Å². The fourth-order valence-electron chi connectivity index (χ4n) is 4.63. The summed E-state index contributed by atoms with van der Waals surface area (Å²) in [5, 5.41) is 0. The number of carbonyl (C=O) groups is 2. The molecule has 0 radical (unpaired) electrons. The zero-order valence-electron chi connectivity index (χ0n) is 17.8. The molecule has 0 spiro atoms. The zero-order chi connectivity index (χ0) is 22.9. The third-order valence-corrected chi connectivity index (χ3v) is 6.29. The van der Waals surface area contributed by atoms with Crippen LogP contribution >= 0.6 is 0 Å². The number of allylic oxidation sites excluding steroid dienone is 1. The Morgan fingerprint density at radius 3 is 2.58 bits per heavy atom. The second-order valence-electron chi connectivity index (χ2n) is 8.19. The van der Waals surface area contributed by atoms with Gasteiger partial charge in [0, 0.05) is 31.7 Å². The van der Waals surface area contributed by atoms with Crippen LogP contribution in [-0.2, 0) is 18.9 Å². The van der Waals surface area contributed by atoms with Crippen LogP contribution in [0.15, 0.2) is 63.7 Å². The molecule has 0 bridgehead atoms. The van der Waals surface area contributed by atoms with Gasteiger partial charge in [-0.2, -0.15) is 0 Å². The minimum Gasteiger partial charge on any atom is -0.465 e. The number of ether oxygens (including phenoxy) is 2. The molecule has 2 aromatic heterocycles. The van der Waals surface area contributed by atoms with Crippen LogP contribution in [0, 0.1) is 0 Å². The number of Topliss-reactive ketones (excluding diaryl/α,β-unsaturated/α-hetero) is 1. The Labute approximate surface area is 187 Å². The molecule has 0 saturated carbocycles. The van der Waals surface area contributed by atoms with Gasteiger partial charge >= 0.3 is 11.7 Å². The van der Waals surface area contributed by atoms with Gasteiger partial charge in [0.05, 0.1) is 29.3 Å². The predicted molar refractivity (Wildman–Crippen MR) is 118 cm³/mol. The Bertz CT molecular complexity index is 1570. The number of aromatic nitrogens is 2. The summed E-state index contributed by atoms with van der Waals surface area (Å²) in [5.41, 5.74) is 3.29. The van der Waals surface area contributed by atoms with E-state index in [2.05, 4.69) is 0 Å². The summed E-state index contributed by atoms with van der Waals surface area (Å²) in [6, 6.07) is 12.4. The van der Waals surface area contributed by atoms with E-state index in [0.29, 0.717) is 28.4 Å². The van der Waals surface area contributed by atoms with Crippen LogP contribution in [0.3, 0.4) is 0 Å². The molecule has 33 heavy (non-hydrogen) atoms. The molecule has 0 saturated heterocycles. The minimum atomic E-state index is -0.397. The second kappa shape index (κ2) is 6.83. The number of carbonyl (C=O) groups excluding carboxylic acids is 2. The first kappa shape index (κ1) is 19.4. The molecule has 2 aromatic carbocycles. The summed E-state index contributed by atoms with van der Waals surface area (Å²) in [7, 11) is 3.43. The monoisotopic (exact) mass is 442 g/mol. The number of fused-ring (bicyclic) bond motifs is 4. The molecule has 6 rings (SSSR count). The van der Waals surface area contributed by atoms with Crippen LogP contribution in [0.5, 0.6) is 11.5 Å². The van der Waals surface area contributed by atoms with E-state index in [-0.39, 0.29) is 29.6 Å². The Kier molecular flexibility index (Phi) is 4.01. The molecule has 4 heterocycles. The molecule has 1 atom stereocenters. The van der Waals surface area contributed by atoms with Crippen molar-refractivity contribution >= 4 is 28.9 Å². The number of esters is 1. The van der Waals surface area contributed by atoms with Gasteiger partial charge in [-0.05, 0) is 42.0 Å². The lowest BCUT2D eigenvalue weighted by atomic mass is 9.84. The summed E-state index contributed by atoms with van der Waals surface area (Å²) < 4.78 is 20.0. The highest BCUT2D eigenvalue weighted by molar-refractivity contribution is 6.15. The first-order valence-corrected chi connectivity index (χ1v) is 10.4. The molecule has 0 fully saturated rings. The molecular weight excluding hydrogens is 424 g/mol. The highest BCUT2D eigenvalue weighted by Gasteiger charge is 2.38. The van der Waals surface area contributed by atoms with E-state index in [1.165, 1.54) is 6.26 Å². The average Bonchev–Trinajstić information content (AvgIpc) is 3.49. The van der Waals surface area contributed by atoms with Crippen molar-refractivity contribution in [3.8, 4) is 11.5 Å². The third kappa shape index (κ3) is 2.80. The number of hydrogen-bond acceptors (Lipinski definition) is 6. The average molecular weight is 442 g/mol. The smallest absolute Gasteiger partial charge is 0.328 e. The number of benzene rings is 2. The Morgan fingerprint density at radius 1 is 0.970 bits per heavy atom. The number of imidazole rings is 1. The van der Waals surface area contributed by atoms with E-state index in [0.717, 1.165) is 16.6 Å². The maximum absolute atomic E-state index is 13.0. The van der Waals surface area contributed by atoms with Gasteiger partial charge in [0.2, 0.25) is 5.78 Å². The standard InChI is InChI=1S/C25H18N2O6/c1-26-17-7-5-13(10-18(17)27(2)25(26)30)16-12-21(28)32-19-8-6-15-23(29)20(33-24(15)22(16)19)11-14-4-3-9-31-14/h3-11,16H,12H2,1-2H3. The highest BCUT2D eigenvalue weighted by atomic mass is 16.5. The largest absolute Gasteiger partial charge is 0.465 e. The highest BCUT2D eigenvalue weighted by Crippen LogP contribution is 2.49. The van der Waals surface area contributed by atoms with Gasteiger partial charge in [0.15, 0.2) is 5.76 Å². The van der Waals surface area contributed by atoms with E-state index >= 15 is 0 Å². The van der Waals surface area contributed by atoms with E-state index < -0.39 is 5.92 Å². The van der Waals surface area contributed by atoms with Gasteiger partial charge in [-0.3, -0.25) is 18.7 Å². The quantitative estimate of drug-likeness (QED) is 0.268. The molecule has 0 amide bonds. The lowest BCUT2D eigenvalue weighted by Crippen LogP contribution is -2.21. The molecule has 8 heteroatoms. The third-order valence-electron chi connectivity index (χ3n) is 6.29. The lowest BCUT2D eigenvalue weighted by Gasteiger charge is -2.26. The van der Waals surface area contributed by atoms with Crippen LogP contribution in [0.25, 0.3) is 17.1 Å². The molecular formula is C25H18N2O6. The molecule has 164 valence electrons. The predicted octanol–water partition coefficient (Wildman–Crippen LogP) is 3.53. The van der Waals surface area contributed by atoms with E-state index in [4.69, 9.17) is 13.9 Å². The van der Waals surface area contributed by atoms with Crippen molar-refractivity contribution in [1.82, 2.24) is 9.13 Å². The van der Waals surface area contributed by atoms with Crippen LogP contribution in [-0.4, -0.2) is 20.9 Å². The van der Waals surface area contributed by atoms with Crippen molar-refractivity contribution in [3.63, 3.8) is 0 Å². The Balaban J connectivity index is 1.52. The summed E-state index contributed by atoms with van der Waals surface area (Å²) in [4.78, 5) is 37.8. The minimum absolute atomic E-state index is 0.0878. The number of nitrogens with zero attached hydrogens (tertiary/aromatic N) is 2. The van der Waals surface area contributed by atoms with E-state index in [1.807, 2.05) is 18.2 Å². The zero-order valence-corrected chi connectivity index (χ0v) is 17.8. The summed E-state index contributed by atoms with van der Waals surface area (Å²) in [5.74, 6) is 0.361. The fraction of sp³-hybridized carbons (Fsp3) is 0.160. The first-order chi connectivity index (χ1) is 15.9. The fourth-order valence-corrected chi connectivity index (χ4v) is 4.63. The first-order valence-electron chi connectivity index (χ1n) is 10.4. The van der Waals surface area contributed by atoms with Gasteiger partial charge in [-0.1, -0.05) is 6.07 Å². The summed E-state index contributed by atoms with van der Waals surface area (Å²) in [6.45, 7) is 0. The Morgan fingerprint density at radius 2 is 1.79 bits per heavy atom. The SMILES string of the molecule is Cn1c(=O)n(C)c2cc(C3CC(=O)Oc4ccc5c(c43)OC(=Cc3ccco3)C5=O)ccc21. The number of ketones is 1. The topological polar surface area (TPSA) is 92.7 Å². The van der Waals surface area contributed by atoms with Crippen LogP contribution < -0.4 is 15.2 Å². The van der Waals surface area contributed by atoms with Crippen LogP contribution in [0.1, 0.15) is 39.6 Å². The Hall–Kier alpha value is -4.33. The van der Waals surface area contributed by atoms with Crippen molar-refractivity contribution < 1.29 is 23.5 Å². The van der Waals surface area contributed by atoms with Crippen molar-refractivity contribution in [2.45, 2.75) is 12.3 Å². The molecule has 8 nitrogen and oxygen atoms in total. The molecule has 2 aliphatic heterocycles. The van der Waals surface area contributed by atoms with Crippen LogP contribution in [0.2, 0.25) is 0 Å². The van der Waals surface area contributed by atoms with E-state index in [9.17, 15) is 14.4 Å². The van der Waals surface area contributed by atoms with Crippen LogP contribution in [0.4, 0.5) is 0 Å². The molecule has 2 aliphatic rings. The van der Waals surface area contributed by atoms with Gasteiger partial charge < -0.3 is 13.9 Å². The number of rotatable bonds is 2.